The SMILES string of the molecule is Cc1cc(COc2c(C(N)=S)oc3ccccc23)n(C)n1. The number of ether oxygens (including phenoxy) is 1. The van der Waals surface area contributed by atoms with Crippen molar-refractivity contribution in [2.75, 3.05) is 0 Å². The molecule has 3 aromatic rings. The van der Waals surface area contributed by atoms with E-state index in [0.717, 1.165) is 16.8 Å². The zero-order valence-electron chi connectivity index (χ0n) is 11.8. The van der Waals surface area contributed by atoms with E-state index in [1.54, 1.807) is 4.68 Å². The van der Waals surface area contributed by atoms with Gasteiger partial charge in [-0.3, -0.25) is 4.68 Å². The van der Waals surface area contributed by atoms with Gasteiger partial charge in [-0.15, -0.1) is 0 Å². The molecule has 0 spiro atoms. The Hall–Kier alpha value is -2.34. The summed E-state index contributed by atoms with van der Waals surface area (Å²) < 4.78 is 13.4. The first-order valence-electron chi connectivity index (χ1n) is 6.50. The van der Waals surface area contributed by atoms with Crippen molar-refractivity contribution in [1.29, 1.82) is 0 Å². The number of hydrogen-bond donors (Lipinski definition) is 1. The number of hydrogen-bond acceptors (Lipinski definition) is 4. The molecule has 0 saturated carbocycles. The minimum atomic E-state index is 0.183. The minimum absolute atomic E-state index is 0.183. The lowest BCUT2D eigenvalue weighted by molar-refractivity contribution is 0.293. The summed E-state index contributed by atoms with van der Waals surface area (Å²) in [5.41, 5.74) is 8.34. The molecule has 2 N–H and O–H groups in total. The van der Waals surface area contributed by atoms with Gasteiger partial charge in [0, 0.05) is 7.05 Å². The van der Waals surface area contributed by atoms with Gasteiger partial charge in [0.15, 0.2) is 5.75 Å². The highest BCUT2D eigenvalue weighted by molar-refractivity contribution is 7.80. The molecule has 0 saturated heterocycles. The summed E-state index contributed by atoms with van der Waals surface area (Å²) in [4.78, 5) is 0.183. The first kappa shape index (κ1) is 13.6. The Morgan fingerprint density at radius 2 is 2.19 bits per heavy atom. The van der Waals surface area contributed by atoms with Gasteiger partial charge < -0.3 is 14.9 Å². The van der Waals surface area contributed by atoms with Crippen LogP contribution in [0.25, 0.3) is 11.0 Å². The van der Waals surface area contributed by atoms with Crippen LogP contribution >= 0.6 is 12.2 Å². The van der Waals surface area contributed by atoms with Crippen molar-refractivity contribution < 1.29 is 9.15 Å². The van der Waals surface area contributed by atoms with E-state index in [9.17, 15) is 0 Å². The second-order valence-electron chi connectivity index (χ2n) is 4.81. The van der Waals surface area contributed by atoms with Crippen LogP contribution in [0.4, 0.5) is 0 Å². The molecule has 3 rings (SSSR count). The summed E-state index contributed by atoms with van der Waals surface area (Å²) >= 11 is 5.04. The van der Waals surface area contributed by atoms with Crippen LogP contribution in [0.3, 0.4) is 0 Å². The molecule has 0 radical (unpaired) electrons. The fourth-order valence-corrected chi connectivity index (χ4v) is 2.41. The Balaban J connectivity index is 1.97. The Morgan fingerprint density at radius 1 is 1.43 bits per heavy atom. The van der Waals surface area contributed by atoms with E-state index in [-0.39, 0.29) is 4.99 Å². The maximum Gasteiger partial charge on any atom is 0.204 e. The Labute approximate surface area is 127 Å². The van der Waals surface area contributed by atoms with Gasteiger partial charge in [0.1, 0.15) is 17.2 Å². The summed E-state index contributed by atoms with van der Waals surface area (Å²) in [6, 6.07) is 9.57. The summed E-state index contributed by atoms with van der Waals surface area (Å²) in [5.74, 6) is 0.988. The number of nitrogens with zero attached hydrogens (tertiary/aromatic N) is 2. The van der Waals surface area contributed by atoms with Crippen LogP contribution in [0, 0.1) is 6.92 Å². The molecular weight excluding hydrogens is 286 g/mol. The van der Waals surface area contributed by atoms with E-state index in [0.29, 0.717) is 23.7 Å². The van der Waals surface area contributed by atoms with Crippen molar-refractivity contribution in [3.05, 3.63) is 47.5 Å². The highest BCUT2D eigenvalue weighted by Gasteiger charge is 2.18. The second kappa shape index (κ2) is 5.21. The molecule has 2 aromatic heterocycles. The quantitative estimate of drug-likeness (QED) is 0.751. The lowest BCUT2D eigenvalue weighted by Crippen LogP contribution is -2.11. The van der Waals surface area contributed by atoms with Crippen LogP contribution < -0.4 is 10.5 Å². The normalized spacial score (nSPS) is 11.0. The summed E-state index contributed by atoms with van der Waals surface area (Å²) in [7, 11) is 1.88. The van der Waals surface area contributed by atoms with E-state index >= 15 is 0 Å². The Bertz CT molecular complexity index is 820. The van der Waals surface area contributed by atoms with Crippen molar-refractivity contribution in [3.63, 3.8) is 0 Å². The van der Waals surface area contributed by atoms with E-state index < -0.39 is 0 Å². The molecule has 0 atom stereocenters. The fourth-order valence-electron chi connectivity index (χ4n) is 2.27. The number of thiocarbonyl (C=S) groups is 1. The monoisotopic (exact) mass is 301 g/mol. The zero-order valence-corrected chi connectivity index (χ0v) is 12.6. The maximum atomic E-state index is 5.91. The van der Waals surface area contributed by atoms with Crippen LogP contribution in [-0.2, 0) is 13.7 Å². The van der Waals surface area contributed by atoms with E-state index in [1.807, 2.05) is 44.3 Å². The lowest BCUT2D eigenvalue weighted by atomic mass is 10.2. The van der Waals surface area contributed by atoms with Gasteiger partial charge in [-0.2, -0.15) is 5.10 Å². The third-order valence-corrected chi connectivity index (χ3v) is 3.42. The van der Waals surface area contributed by atoms with Gasteiger partial charge in [-0.1, -0.05) is 24.4 Å². The second-order valence-corrected chi connectivity index (χ2v) is 5.25. The van der Waals surface area contributed by atoms with Gasteiger partial charge >= 0.3 is 0 Å². The van der Waals surface area contributed by atoms with Crippen molar-refractivity contribution in [3.8, 4) is 5.75 Å². The maximum absolute atomic E-state index is 5.91. The molecule has 0 unspecified atom stereocenters. The molecular formula is C15H15N3O2S. The van der Waals surface area contributed by atoms with Crippen molar-refractivity contribution in [1.82, 2.24) is 9.78 Å². The van der Waals surface area contributed by atoms with Gasteiger partial charge in [0.2, 0.25) is 5.76 Å². The van der Waals surface area contributed by atoms with Gasteiger partial charge in [-0.25, -0.2) is 0 Å². The number of rotatable bonds is 4. The predicted octanol–water partition coefficient (Wildman–Crippen LogP) is 2.69. The summed E-state index contributed by atoms with van der Waals surface area (Å²) in [6.45, 7) is 2.31. The highest BCUT2D eigenvalue weighted by atomic mass is 32.1. The molecule has 0 aliphatic heterocycles. The highest BCUT2D eigenvalue weighted by Crippen LogP contribution is 2.33. The first-order valence-corrected chi connectivity index (χ1v) is 6.90. The molecule has 5 nitrogen and oxygen atoms in total. The number of furan rings is 1. The molecule has 1 aromatic carbocycles. The number of aryl methyl sites for hydroxylation is 2. The van der Waals surface area contributed by atoms with Crippen molar-refractivity contribution >= 4 is 28.2 Å². The zero-order chi connectivity index (χ0) is 15.0. The third kappa shape index (κ3) is 2.50. The van der Waals surface area contributed by atoms with Crippen LogP contribution in [0.2, 0.25) is 0 Å². The molecule has 0 aliphatic carbocycles. The minimum Gasteiger partial charge on any atom is -0.482 e. The van der Waals surface area contributed by atoms with Crippen LogP contribution in [-0.4, -0.2) is 14.8 Å². The number of benzene rings is 1. The molecule has 6 heteroatoms. The van der Waals surface area contributed by atoms with Gasteiger partial charge in [-0.05, 0) is 25.1 Å². The summed E-state index contributed by atoms with van der Waals surface area (Å²) in [6.07, 6.45) is 0. The molecule has 108 valence electrons. The van der Waals surface area contributed by atoms with Crippen molar-refractivity contribution in [2.24, 2.45) is 12.8 Å². The average molecular weight is 301 g/mol. The standard InChI is InChI=1S/C15H15N3O2S/c1-9-7-10(18(2)17-9)8-19-13-11-5-3-4-6-12(11)20-14(13)15(16)21/h3-7H,8H2,1-2H3,(H2,16,21). The molecule has 0 bridgehead atoms. The van der Waals surface area contributed by atoms with Crippen LogP contribution in [0.15, 0.2) is 34.7 Å². The topological polar surface area (TPSA) is 66.2 Å². The number of nitrogens with two attached hydrogens (primary N) is 1. The van der Waals surface area contributed by atoms with Crippen molar-refractivity contribution in [2.45, 2.75) is 13.5 Å². The molecule has 2 heterocycles. The third-order valence-electron chi connectivity index (χ3n) is 3.24. The number of fused-ring (bicyclic) bond motifs is 1. The Morgan fingerprint density at radius 3 is 2.86 bits per heavy atom. The molecule has 0 amide bonds. The van der Waals surface area contributed by atoms with Gasteiger partial charge in [0.05, 0.1) is 16.8 Å². The number of para-hydroxylation sites is 1. The first-order chi connectivity index (χ1) is 10.1. The smallest absolute Gasteiger partial charge is 0.204 e. The number of aromatic nitrogens is 2. The van der Waals surface area contributed by atoms with Crippen LogP contribution in [0.1, 0.15) is 17.1 Å². The van der Waals surface area contributed by atoms with Gasteiger partial charge in [0.25, 0.3) is 0 Å². The Kier molecular flexibility index (Phi) is 3.39. The predicted molar refractivity (Wildman–Crippen MR) is 84.4 cm³/mol. The lowest BCUT2D eigenvalue weighted by Gasteiger charge is -2.06. The van der Waals surface area contributed by atoms with E-state index in [2.05, 4.69) is 5.10 Å². The average Bonchev–Trinajstić information content (AvgIpc) is 2.96. The molecule has 21 heavy (non-hydrogen) atoms. The molecule has 0 aliphatic rings. The molecule has 0 fully saturated rings. The van der Waals surface area contributed by atoms with E-state index in [4.69, 9.17) is 27.1 Å². The van der Waals surface area contributed by atoms with Crippen LogP contribution in [0.5, 0.6) is 5.75 Å². The van der Waals surface area contributed by atoms with E-state index in [1.165, 1.54) is 0 Å². The summed E-state index contributed by atoms with van der Waals surface area (Å²) in [5, 5.41) is 5.15. The largest absolute Gasteiger partial charge is 0.482 e. The fraction of sp³-hybridized carbons (Fsp3) is 0.200.